The summed E-state index contributed by atoms with van der Waals surface area (Å²) in [5.74, 6) is -0.0887. The lowest BCUT2D eigenvalue weighted by Gasteiger charge is -2.18. The van der Waals surface area contributed by atoms with E-state index in [-0.39, 0.29) is 18.4 Å². The first-order chi connectivity index (χ1) is 18.2. The van der Waals surface area contributed by atoms with Crippen molar-refractivity contribution in [1.29, 1.82) is 0 Å². The highest BCUT2D eigenvalue weighted by molar-refractivity contribution is 7.17. The summed E-state index contributed by atoms with van der Waals surface area (Å²) in [6.07, 6.45) is 1.91. The molecule has 0 saturated carbocycles. The molecule has 200 valence electrons. The average Bonchev–Trinajstić information content (AvgIpc) is 3.23. The smallest absolute Gasteiger partial charge is 0.341 e. The first-order valence-corrected chi connectivity index (χ1v) is 13.8. The second kappa shape index (κ2) is 12.0. The number of anilines is 2. The summed E-state index contributed by atoms with van der Waals surface area (Å²) >= 11 is 7.58. The Hall–Kier alpha value is -3.36. The number of nitrogens with one attached hydrogen (secondary N) is 2. The van der Waals surface area contributed by atoms with Crippen LogP contribution in [0.25, 0.3) is 0 Å². The number of carbonyl (C=O) groups is 3. The molecule has 0 aliphatic heterocycles. The zero-order chi connectivity index (χ0) is 27.4. The van der Waals surface area contributed by atoms with Crippen LogP contribution < -0.4 is 15.4 Å². The molecule has 0 fully saturated rings. The summed E-state index contributed by atoms with van der Waals surface area (Å²) in [7, 11) is 0. The Morgan fingerprint density at radius 3 is 2.55 bits per heavy atom. The van der Waals surface area contributed by atoms with E-state index in [1.54, 1.807) is 50.2 Å². The molecule has 2 N–H and O–H groups in total. The third-order valence-corrected chi connectivity index (χ3v) is 8.03. The van der Waals surface area contributed by atoms with E-state index in [4.69, 9.17) is 21.1 Å². The minimum absolute atomic E-state index is 0.268. The van der Waals surface area contributed by atoms with E-state index < -0.39 is 12.1 Å². The van der Waals surface area contributed by atoms with E-state index in [1.165, 1.54) is 11.3 Å². The van der Waals surface area contributed by atoms with Gasteiger partial charge in [-0.1, -0.05) is 24.6 Å². The van der Waals surface area contributed by atoms with Gasteiger partial charge >= 0.3 is 5.97 Å². The summed E-state index contributed by atoms with van der Waals surface area (Å²) in [6.45, 7) is 7.75. The number of halogens is 1. The van der Waals surface area contributed by atoms with E-state index in [0.29, 0.717) is 38.5 Å². The van der Waals surface area contributed by atoms with Crippen molar-refractivity contribution in [1.82, 2.24) is 0 Å². The van der Waals surface area contributed by atoms with Crippen molar-refractivity contribution in [3.05, 3.63) is 74.6 Å². The van der Waals surface area contributed by atoms with Crippen LogP contribution in [-0.4, -0.2) is 30.5 Å². The predicted octanol–water partition coefficient (Wildman–Crippen LogP) is 6.67. The molecular formula is C29H31ClN2O5S. The number of thiophene rings is 1. The van der Waals surface area contributed by atoms with Crippen LogP contribution in [0.2, 0.25) is 5.02 Å². The van der Waals surface area contributed by atoms with Crippen LogP contribution in [0.4, 0.5) is 10.7 Å². The molecule has 0 bridgehead atoms. The number of aryl methyl sites for hydroxylation is 1. The third kappa shape index (κ3) is 6.37. The first-order valence-electron chi connectivity index (χ1n) is 12.6. The zero-order valence-electron chi connectivity index (χ0n) is 21.9. The van der Waals surface area contributed by atoms with Gasteiger partial charge in [0.05, 0.1) is 12.2 Å². The Kier molecular flexibility index (Phi) is 8.74. The lowest BCUT2D eigenvalue weighted by Crippen LogP contribution is -2.30. The SMILES string of the molecule is CCOC(=O)c1c(NC(=O)c2ccc(O[C@@H](C)C(=O)Nc3ccc(C)c(Cl)c3)cc2)sc2c1CC[C@@H](C)C2. The summed E-state index contributed by atoms with van der Waals surface area (Å²) in [4.78, 5) is 39.5. The Morgan fingerprint density at radius 1 is 1.13 bits per heavy atom. The molecule has 0 unspecified atom stereocenters. The van der Waals surface area contributed by atoms with Crippen molar-refractivity contribution >= 4 is 51.4 Å². The van der Waals surface area contributed by atoms with Crippen molar-refractivity contribution in [2.75, 3.05) is 17.2 Å². The lowest BCUT2D eigenvalue weighted by atomic mass is 9.88. The van der Waals surface area contributed by atoms with Crippen molar-refractivity contribution in [2.45, 2.75) is 53.1 Å². The molecule has 0 saturated heterocycles. The summed E-state index contributed by atoms with van der Waals surface area (Å²) in [6, 6.07) is 11.8. The highest BCUT2D eigenvalue weighted by atomic mass is 35.5. The van der Waals surface area contributed by atoms with Gasteiger partial charge in [-0.25, -0.2) is 4.79 Å². The number of fused-ring (bicyclic) bond motifs is 1. The van der Waals surface area contributed by atoms with E-state index in [0.717, 1.165) is 35.3 Å². The normalized spacial score (nSPS) is 15.2. The molecule has 7 nitrogen and oxygen atoms in total. The van der Waals surface area contributed by atoms with Crippen molar-refractivity contribution in [3.63, 3.8) is 0 Å². The minimum Gasteiger partial charge on any atom is -0.481 e. The number of hydrogen-bond donors (Lipinski definition) is 2. The molecular weight excluding hydrogens is 524 g/mol. The fourth-order valence-electron chi connectivity index (χ4n) is 4.29. The third-order valence-electron chi connectivity index (χ3n) is 6.46. The summed E-state index contributed by atoms with van der Waals surface area (Å²) in [5.41, 5.74) is 3.37. The molecule has 2 amide bonds. The predicted molar refractivity (Wildman–Crippen MR) is 151 cm³/mol. The van der Waals surface area contributed by atoms with Crippen LogP contribution in [0, 0.1) is 12.8 Å². The Balaban J connectivity index is 1.42. The number of hydrogen-bond acceptors (Lipinski definition) is 6. The minimum atomic E-state index is -0.776. The second-order valence-electron chi connectivity index (χ2n) is 9.47. The number of amides is 2. The van der Waals surface area contributed by atoms with Gasteiger partial charge in [-0.2, -0.15) is 0 Å². The number of rotatable bonds is 8. The maximum absolute atomic E-state index is 13.0. The van der Waals surface area contributed by atoms with Crippen molar-refractivity contribution in [2.24, 2.45) is 5.92 Å². The topological polar surface area (TPSA) is 93.7 Å². The van der Waals surface area contributed by atoms with Crippen molar-refractivity contribution < 1.29 is 23.9 Å². The highest BCUT2D eigenvalue weighted by Crippen LogP contribution is 2.40. The van der Waals surface area contributed by atoms with Gasteiger partial charge in [0.1, 0.15) is 10.8 Å². The molecule has 38 heavy (non-hydrogen) atoms. The molecule has 2 atom stereocenters. The van der Waals surface area contributed by atoms with E-state index in [9.17, 15) is 14.4 Å². The molecule has 1 aliphatic carbocycles. The Labute approximate surface area is 231 Å². The van der Waals surface area contributed by atoms with Gasteiger partial charge in [0.15, 0.2) is 6.10 Å². The van der Waals surface area contributed by atoms with Gasteiger partial charge in [0.2, 0.25) is 0 Å². The van der Waals surface area contributed by atoms with Gasteiger partial charge in [-0.15, -0.1) is 11.3 Å². The molecule has 0 radical (unpaired) electrons. The van der Waals surface area contributed by atoms with E-state index >= 15 is 0 Å². The van der Waals surface area contributed by atoms with Crippen LogP contribution in [0.3, 0.4) is 0 Å². The van der Waals surface area contributed by atoms with Crippen LogP contribution in [-0.2, 0) is 22.4 Å². The Morgan fingerprint density at radius 2 is 1.87 bits per heavy atom. The van der Waals surface area contributed by atoms with Crippen LogP contribution in [0.1, 0.15) is 63.9 Å². The fourth-order valence-corrected chi connectivity index (χ4v) is 5.86. The summed E-state index contributed by atoms with van der Waals surface area (Å²) < 4.78 is 11.1. The lowest BCUT2D eigenvalue weighted by molar-refractivity contribution is -0.122. The van der Waals surface area contributed by atoms with E-state index in [1.807, 2.05) is 13.0 Å². The molecule has 1 aliphatic rings. The molecule has 1 heterocycles. The number of benzene rings is 2. The number of carbonyl (C=O) groups excluding carboxylic acids is 3. The van der Waals surface area contributed by atoms with Gasteiger partial charge in [0, 0.05) is 21.2 Å². The molecule has 2 aromatic carbocycles. The molecule has 9 heteroatoms. The molecule has 0 spiro atoms. The Bertz CT molecular complexity index is 1350. The summed E-state index contributed by atoms with van der Waals surface area (Å²) in [5, 5.41) is 6.79. The van der Waals surface area contributed by atoms with Crippen LogP contribution in [0.15, 0.2) is 42.5 Å². The second-order valence-corrected chi connectivity index (χ2v) is 11.0. The standard InChI is InChI=1S/C29H31ClN2O5S/c1-5-36-29(35)25-22-13-6-16(2)14-24(22)38-28(25)32-27(34)19-8-11-21(12-9-19)37-18(4)26(33)31-20-10-7-17(3)23(30)15-20/h7-12,15-16,18H,5-6,13-14H2,1-4H3,(H,31,33)(H,32,34)/t16-,18+/m1/s1. The fraction of sp³-hybridized carbons (Fsp3) is 0.345. The van der Waals surface area contributed by atoms with Gasteiger partial charge in [-0.05, 0) is 93.5 Å². The zero-order valence-corrected chi connectivity index (χ0v) is 23.4. The molecule has 4 rings (SSSR count). The highest BCUT2D eigenvalue weighted by Gasteiger charge is 2.29. The first kappa shape index (κ1) is 27.7. The van der Waals surface area contributed by atoms with Crippen molar-refractivity contribution in [3.8, 4) is 5.75 Å². The monoisotopic (exact) mass is 554 g/mol. The largest absolute Gasteiger partial charge is 0.481 e. The molecule has 3 aromatic rings. The number of ether oxygens (including phenoxy) is 2. The van der Waals surface area contributed by atoms with Crippen LogP contribution >= 0.6 is 22.9 Å². The maximum atomic E-state index is 13.0. The van der Waals surface area contributed by atoms with Crippen LogP contribution in [0.5, 0.6) is 5.75 Å². The van der Waals surface area contributed by atoms with Gasteiger partial charge in [0.25, 0.3) is 11.8 Å². The van der Waals surface area contributed by atoms with E-state index in [2.05, 4.69) is 17.6 Å². The molecule has 1 aromatic heterocycles. The maximum Gasteiger partial charge on any atom is 0.341 e. The number of esters is 1. The average molecular weight is 555 g/mol. The van der Waals surface area contributed by atoms with Gasteiger partial charge in [-0.3, -0.25) is 9.59 Å². The quantitative estimate of drug-likeness (QED) is 0.303. The van der Waals surface area contributed by atoms with Gasteiger partial charge < -0.3 is 20.1 Å².